The highest BCUT2D eigenvalue weighted by molar-refractivity contribution is 5.80. The van der Waals surface area contributed by atoms with Crippen LogP contribution in [0, 0.1) is 0 Å². The molecule has 2 aromatic carbocycles. The summed E-state index contributed by atoms with van der Waals surface area (Å²) in [5, 5.41) is 30.0. The van der Waals surface area contributed by atoms with Crippen LogP contribution in [-0.2, 0) is 12.8 Å². The van der Waals surface area contributed by atoms with Crippen molar-refractivity contribution in [3.63, 3.8) is 0 Å². The Hall–Kier alpha value is -2.16. The Bertz CT molecular complexity index is 589. The molecule has 19 heavy (non-hydrogen) atoms. The largest absolute Gasteiger partial charge is 0.504 e. The first-order valence-corrected chi connectivity index (χ1v) is 6.45. The lowest BCUT2D eigenvalue weighted by atomic mass is 9.90. The second-order valence-electron chi connectivity index (χ2n) is 4.45. The minimum Gasteiger partial charge on any atom is -0.504 e. The molecule has 0 aliphatic heterocycles. The molecule has 0 aromatic heterocycles. The smallest absolute Gasteiger partial charge is 0.201 e. The van der Waals surface area contributed by atoms with Crippen molar-refractivity contribution in [3.05, 3.63) is 41.5 Å². The molecule has 3 nitrogen and oxygen atoms in total. The zero-order chi connectivity index (χ0) is 14.0. The van der Waals surface area contributed by atoms with Crippen LogP contribution in [0.1, 0.15) is 25.0 Å². The third kappa shape index (κ3) is 2.12. The highest BCUT2D eigenvalue weighted by Crippen LogP contribution is 2.48. The molecule has 0 bridgehead atoms. The molecule has 0 spiro atoms. The highest BCUT2D eigenvalue weighted by atomic mass is 16.3. The lowest BCUT2D eigenvalue weighted by Gasteiger charge is -2.18. The molecule has 0 aliphatic carbocycles. The molecule has 0 heterocycles. The Morgan fingerprint density at radius 2 is 1.32 bits per heavy atom. The fraction of sp³-hybridized carbons (Fsp3) is 0.250. The van der Waals surface area contributed by atoms with Gasteiger partial charge in [-0.1, -0.05) is 44.2 Å². The number of benzene rings is 2. The van der Waals surface area contributed by atoms with E-state index in [0.29, 0.717) is 24.0 Å². The van der Waals surface area contributed by atoms with Gasteiger partial charge in [0.05, 0.1) is 0 Å². The molecule has 2 aromatic rings. The van der Waals surface area contributed by atoms with Crippen molar-refractivity contribution in [1.82, 2.24) is 0 Å². The van der Waals surface area contributed by atoms with E-state index in [1.165, 1.54) is 0 Å². The van der Waals surface area contributed by atoms with Gasteiger partial charge in [0.25, 0.3) is 0 Å². The second-order valence-corrected chi connectivity index (χ2v) is 4.45. The second kappa shape index (κ2) is 5.22. The van der Waals surface area contributed by atoms with Crippen molar-refractivity contribution < 1.29 is 15.3 Å². The Kier molecular flexibility index (Phi) is 3.65. The van der Waals surface area contributed by atoms with Gasteiger partial charge in [0.1, 0.15) is 0 Å². The van der Waals surface area contributed by atoms with Crippen LogP contribution in [0.15, 0.2) is 30.3 Å². The van der Waals surface area contributed by atoms with Crippen LogP contribution in [0.25, 0.3) is 11.1 Å². The van der Waals surface area contributed by atoms with E-state index in [1.807, 2.05) is 44.2 Å². The molecular weight excluding hydrogens is 240 g/mol. The predicted octanol–water partition coefficient (Wildman–Crippen LogP) is 3.60. The molecule has 3 heteroatoms. The number of rotatable bonds is 3. The van der Waals surface area contributed by atoms with Crippen LogP contribution in [0.2, 0.25) is 0 Å². The number of phenols is 3. The van der Waals surface area contributed by atoms with Crippen molar-refractivity contribution in [2.45, 2.75) is 26.7 Å². The van der Waals surface area contributed by atoms with E-state index in [-0.39, 0.29) is 11.5 Å². The van der Waals surface area contributed by atoms with Crippen LogP contribution >= 0.6 is 0 Å². The number of phenolic OH excluding ortho intramolecular Hbond substituents is 3. The lowest BCUT2D eigenvalue weighted by Crippen LogP contribution is -1.97. The Balaban J connectivity index is 2.83. The molecule has 0 saturated carbocycles. The van der Waals surface area contributed by atoms with Crippen LogP contribution in [0.4, 0.5) is 0 Å². The molecule has 2 rings (SSSR count). The quantitative estimate of drug-likeness (QED) is 0.737. The van der Waals surface area contributed by atoms with Crippen LogP contribution in [0.3, 0.4) is 0 Å². The number of aromatic hydroxyl groups is 3. The first kappa shape index (κ1) is 13.3. The van der Waals surface area contributed by atoms with Gasteiger partial charge in [-0.2, -0.15) is 0 Å². The Labute approximate surface area is 112 Å². The third-order valence-corrected chi connectivity index (χ3v) is 3.41. The summed E-state index contributed by atoms with van der Waals surface area (Å²) in [4.78, 5) is 0. The van der Waals surface area contributed by atoms with Gasteiger partial charge in [-0.05, 0) is 24.0 Å². The number of hydrogen-bond donors (Lipinski definition) is 3. The van der Waals surface area contributed by atoms with Crippen LogP contribution in [-0.4, -0.2) is 15.3 Å². The first-order valence-electron chi connectivity index (χ1n) is 6.45. The van der Waals surface area contributed by atoms with Crippen molar-refractivity contribution in [2.24, 2.45) is 0 Å². The summed E-state index contributed by atoms with van der Waals surface area (Å²) in [5.41, 5.74) is 3.01. The molecule has 0 radical (unpaired) electrons. The van der Waals surface area contributed by atoms with Gasteiger partial charge in [-0.15, -0.1) is 0 Å². The summed E-state index contributed by atoms with van der Waals surface area (Å²) in [6.45, 7) is 3.89. The number of hydrogen-bond acceptors (Lipinski definition) is 3. The van der Waals surface area contributed by atoms with E-state index < -0.39 is 5.75 Å². The van der Waals surface area contributed by atoms with Crippen molar-refractivity contribution >= 4 is 0 Å². The van der Waals surface area contributed by atoms with Gasteiger partial charge in [0.15, 0.2) is 11.5 Å². The monoisotopic (exact) mass is 258 g/mol. The van der Waals surface area contributed by atoms with E-state index in [4.69, 9.17) is 0 Å². The van der Waals surface area contributed by atoms with E-state index in [2.05, 4.69) is 0 Å². The van der Waals surface area contributed by atoms with Gasteiger partial charge in [0.2, 0.25) is 5.75 Å². The summed E-state index contributed by atoms with van der Waals surface area (Å²) in [5.74, 6) is -0.901. The zero-order valence-electron chi connectivity index (χ0n) is 11.1. The molecule has 0 saturated heterocycles. The summed E-state index contributed by atoms with van der Waals surface area (Å²) in [6.07, 6.45) is 1.28. The van der Waals surface area contributed by atoms with Crippen molar-refractivity contribution in [1.29, 1.82) is 0 Å². The topological polar surface area (TPSA) is 60.7 Å². The zero-order valence-corrected chi connectivity index (χ0v) is 11.1. The average molecular weight is 258 g/mol. The summed E-state index contributed by atoms with van der Waals surface area (Å²) in [6, 6.07) is 9.41. The van der Waals surface area contributed by atoms with Gasteiger partial charge in [-0.25, -0.2) is 0 Å². The van der Waals surface area contributed by atoms with Crippen molar-refractivity contribution in [2.75, 3.05) is 0 Å². The molecule has 0 aliphatic rings. The van der Waals surface area contributed by atoms with E-state index in [1.54, 1.807) is 0 Å². The fourth-order valence-corrected chi connectivity index (χ4v) is 2.50. The normalized spacial score (nSPS) is 10.6. The molecule has 0 fully saturated rings. The van der Waals surface area contributed by atoms with Crippen molar-refractivity contribution in [3.8, 4) is 28.4 Å². The van der Waals surface area contributed by atoms with E-state index in [9.17, 15) is 15.3 Å². The maximum Gasteiger partial charge on any atom is 0.201 e. The molecule has 3 N–H and O–H groups in total. The summed E-state index contributed by atoms with van der Waals surface area (Å²) in [7, 11) is 0. The Morgan fingerprint density at radius 3 is 1.84 bits per heavy atom. The molecule has 0 unspecified atom stereocenters. The maximum atomic E-state index is 10.2. The molecule has 100 valence electrons. The minimum atomic E-state index is -0.437. The Morgan fingerprint density at radius 1 is 0.737 bits per heavy atom. The predicted molar refractivity (Wildman–Crippen MR) is 75.6 cm³/mol. The maximum absolute atomic E-state index is 10.2. The minimum absolute atomic E-state index is 0.212. The summed E-state index contributed by atoms with van der Waals surface area (Å²) < 4.78 is 0. The first-order chi connectivity index (χ1) is 9.11. The highest BCUT2D eigenvalue weighted by Gasteiger charge is 2.22. The molecule has 0 atom stereocenters. The third-order valence-electron chi connectivity index (χ3n) is 3.41. The van der Waals surface area contributed by atoms with E-state index in [0.717, 1.165) is 11.1 Å². The standard InChI is InChI=1S/C16H18O3/c1-3-11-12(4-2)14(17)16(19)15(18)13(11)10-8-6-5-7-9-10/h5-9,17-19H,3-4H2,1-2H3. The van der Waals surface area contributed by atoms with Gasteiger partial charge in [0, 0.05) is 11.1 Å². The average Bonchev–Trinajstić information content (AvgIpc) is 2.45. The van der Waals surface area contributed by atoms with Gasteiger partial charge in [-0.3, -0.25) is 0 Å². The molecule has 0 amide bonds. The summed E-state index contributed by atoms with van der Waals surface area (Å²) >= 11 is 0. The van der Waals surface area contributed by atoms with Gasteiger partial charge < -0.3 is 15.3 Å². The SMILES string of the molecule is CCc1c(O)c(O)c(O)c(-c2ccccc2)c1CC. The fourth-order valence-electron chi connectivity index (χ4n) is 2.50. The lowest BCUT2D eigenvalue weighted by molar-refractivity contribution is 0.365. The van der Waals surface area contributed by atoms with E-state index >= 15 is 0 Å². The van der Waals surface area contributed by atoms with Gasteiger partial charge >= 0.3 is 0 Å². The molecular formula is C16H18O3. The van der Waals surface area contributed by atoms with Crippen LogP contribution < -0.4 is 0 Å². The van der Waals surface area contributed by atoms with Crippen LogP contribution in [0.5, 0.6) is 17.2 Å².